The zero-order chi connectivity index (χ0) is 28.2. The Morgan fingerprint density at radius 1 is 1.05 bits per heavy atom. The Bertz CT molecular complexity index is 1760. The molecule has 204 valence electrons. The fourth-order valence-electron chi connectivity index (χ4n) is 4.64. The first-order chi connectivity index (χ1) is 19.5. The molecular weight excluding hydrogens is 544 g/mol. The number of carbonyl (C=O) groups excluding carboxylic acids is 1. The van der Waals surface area contributed by atoms with Crippen LogP contribution in [0.15, 0.2) is 93.1 Å². The summed E-state index contributed by atoms with van der Waals surface area (Å²) in [5.74, 6) is 0.739. The number of ether oxygens (including phenoxy) is 3. The highest BCUT2D eigenvalue weighted by atomic mass is 32.2. The molecule has 0 fully saturated rings. The summed E-state index contributed by atoms with van der Waals surface area (Å²) < 4.78 is 18.5. The van der Waals surface area contributed by atoms with E-state index in [1.54, 1.807) is 55.7 Å². The van der Waals surface area contributed by atoms with Crippen LogP contribution in [0.4, 0.5) is 0 Å². The lowest BCUT2D eigenvalue weighted by atomic mass is 9.93. The van der Waals surface area contributed by atoms with Crippen LogP contribution in [0.25, 0.3) is 11.8 Å². The second kappa shape index (κ2) is 12.0. The molecule has 40 heavy (non-hydrogen) atoms. The van der Waals surface area contributed by atoms with Gasteiger partial charge in [-0.05, 0) is 55.2 Å². The monoisotopic (exact) mass is 572 g/mol. The van der Waals surface area contributed by atoms with Gasteiger partial charge in [-0.3, -0.25) is 9.36 Å². The van der Waals surface area contributed by atoms with Gasteiger partial charge in [-0.15, -0.1) is 11.8 Å². The highest BCUT2D eigenvalue weighted by Gasteiger charge is 2.35. The fourth-order valence-corrected chi connectivity index (χ4v) is 6.04. The van der Waals surface area contributed by atoms with Crippen molar-refractivity contribution in [2.24, 2.45) is 4.99 Å². The molecule has 9 heteroatoms. The third-order valence-corrected chi connectivity index (χ3v) is 8.26. The molecule has 3 aromatic carbocycles. The van der Waals surface area contributed by atoms with Crippen molar-refractivity contribution in [3.8, 4) is 11.5 Å². The van der Waals surface area contributed by atoms with Gasteiger partial charge in [0.1, 0.15) is 11.5 Å². The number of thioether (sulfide) groups is 1. The Balaban J connectivity index is 1.82. The number of hydrogen-bond donors (Lipinski definition) is 0. The number of methoxy groups -OCH3 is 2. The molecule has 2 heterocycles. The van der Waals surface area contributed by atoms with Crippen LogP contribution < -0.4 is 24.4 Å². The van der Waals surface area contributed by atoms with Crippen LogP contribution in [0.1, 0.15) is 29.7 Å². The maximum atomic E-state index is 14.1. The average Bonchev–Trinajstić information content (AvgIpc) is 3.31. The summed E-state index contributed by atoms with van der Waals surface area (Å²) in [6.07, 6.45) is 3.78. The smallest absolute Gasteiger partial charge is 0.338 e. The minimum atomic E-state index is -0.726. The number of benzene rings is 3. The Hall–Kier alpha value is -4.08. The third kappa shape index (κ3) is 5.22. The van der Waals surface area contributed by atoms with Crippen LogP contribution >= 0.6 is 23.1 Å². The van der Waals surface area contributed by atoms with Crippen LogP contribution in [-0.4, -0.2) is 37.6 Å². The van der Waals surface area contributed by atoms with E-state index in [0.29, 0.717) is 37.7 Å². The largest absolute Gasteiger partial charge is 0.497 e. The minimum Gasteiger partial charge on any atom is -0.497 e. The van der Waals surface area contributed by atoms with Gasteiger partial charge in [0.25, 0.3) is 5.56 Å². The first-order valence-corrected chi connectivity index (χ1v) is 14.7. The Morgan fingerprint density at radius 2 is 1.80 bits per heavy atom. The van der Waals surface area contributed by atoms with Gasteiger partial charge in [0.15, 0.2) is 4.80 Å². The van der Waals surface area contributed by atoms with E-state index in [9.17, 15) is 9.59 Å². The van der Waals surface area contributed by atoms with Gasteiger partial charge in [-0.25, -0.2) is 9.79 Å². The molecule has 1 aliphatic heterocycles. The van der Waals surface area contributed by atoms with E-state index in [0.717, 1.165) is 16.0 Å². The summed E-state index contributed by atoms with van der Waals surface area (Å²) in [5.41, 5.74) is 2.80. The van der Waals surface area contributed by atoms with Crippen LogP contribution in [0, 0.1) is 0 Å². The number of fused-ring (bicyclic) bond motifs is 1. The summed E-state index contributed by atoms with van der Waals surface area (Å²) in [6, 6.07) is 22.1. The highest BCUT2D eigenvalue weighted by Crippen LogP contribution is 2.35. The number of thiazole rings is 1. The number of hydrogen-bond acceptors (Lipinski definition) is 8. The van der Waals surface area contributed by atoms with Crippen molar-refractivity contribution in [1.82, 2.24) is 4.57 Å². The van der Waals surface area contributed by atoms with Gasteiger partial charge in [0.2, 0.25) is 0 Å². The molecule has 0 radical (unpaired) electrons. The number of aromatic nitrogens is 1. The van der Waals surface area contributed by atoms with E-state index in [1.165, 1.54) is 11.3 Å². The molecule has 1 aliphatic rings. The molecule has 0 saturated carbocycles. The highest BCUT2D eigenvalue weighted by molar-refractivity contribution is 7.98. The zero-order valence-corrected chi connectivity index (χ0v) is 24.2. The van der Waals surface area contributed by atoms with Crippen molar-refractivity contribution in [3.05, 3.63) is 115 Å². The number of esters is 1. The SMILES string of the molecule is CCOC(=O)C1=C(c2ccccc2)N=c2s/c(=C\c3cc(OC)ccc3OC)c(=O)n2[C@@H]1c1ccc(SC)cc1. The van der Waals surface area contributed by atoms with E-state index in [-0.39, 0.29) is 12.2 Å². The molecular formula is C31H28N2O5S2. The molecule has 0 unspecified atom stereocenters. The molecule has 1 atom stereocenters. The maximum Gasteiger partial charge on any atom is 0.338 e. The molecule has 1 aromatic heterocycles. The van der Waals surface area contributed by atoms with Crippen molar-refractivity contribution >= 4 is 40.8 Å². The molecule has 0 N–H and O–H groups in total. The predicted molar refractivity (Wildman–Crippen MR) is 159 cm³/mol. The second-order valence-corrected chi connectivity index (χ2v) is 10.7. The molecule has 7 nitrogen and oxygen atoms in total. The average molecular weight is 573 g/mol. The Kier molecular flexibility index (Phi) is 8.23. The molecule has 0 saturated heterocycles. The van der Waals surface area contributed by atoms with Crippen molar-refractivity contribution in [2.45, 2.75) is 17.9 Å². The van der Waals surface area contributed by atoms with Crippen molar-refractivity contribution in [3.63, 3.8) is 0 Å². The van der Waals surface area contributed by atoms with E-state index in [1.807, 2.05) is 66.9 Å². The van der Waals surface area contributed by atoms with Crippen LogP contribution in [0.2, 0.25) is 0 Å². The molecule has 0 aliphatic carbocycles. The molecule has 5 rings (SSSR count). The van der Waals surface area contributed by atoms with Crippen molar-refractivity contribution in [2.75, 3.05) is 27.1 Å². The van der Waals surface area contributed by atoms with Gasteiger partial charge in [-0.1, -0.05) is 53.8 Å². The minimum absolute atomic E-state index is 0.197. The van der Waals surface area contributed by atoms with Crippen molar-refractivity contribution < 1.29 is 19.0 Å². The van der Waals surface area contributed by atoms with Crippen molar-refractivity contribution in [1.29, 1.82) is 0 Å². The zero-order valence-electron chi connectivity index (χ0n) is 22.5. The first kappa shape index (κ1) is 27.5. The molecule has 0 amide bonds. The summed E-state index contributed by atoms with van der Waals surface area (Å²) in [6.45, 7) is 1.96. The van der Waals surface area contributed by atoms with E-state index >= 15 is 0 Å². The Morgan fingerprint density at radius 3 is 2.45 bits per heavy atom. The number of nitrogens with zero attached hydrogens (tertiary/aromatic N) is 2. The normalized spacial score (nSPS) is 14.9. The van der Waals surface area contributed by atoms with Crippen LogP contribution in [-0.2, 0) is 9.53 Å². The molecule has 0 bridgehead atoms. The van der Waals surface area contributed by atoms with E-state index in [2.05, 4.69) is 0 Å². The van der Waals surface area contributed by atoms with Crippen LogP contribution in [0.5, 0.6) is 11.5 Å². The van der Waals surface area contributed by atoms with Gasteiger partial charge in [0.05, 0.1) is 42.7 Å². The van der Waals surface area contributed by atoms with Gasteiger partial charge in [-0.2, -0.15) is 0 Å². The van der Waals surface area contributed by atoms with Gasteiger partial charge < -0.3 is 14.2 Å². The summed E-state index contributed by atoms with van der Waals surface area (Å²) in [7, 11) is 3.17. The molecule has 0 spiro atoms. The third-order valence-electron chi connectivity index (χ3n) is 6.53. The lowest BCUT2D eigenvalue weighted by Gasteiger charge is -2.26. The quantitative estimate of drug-likeness (QED) is 0.226. The van der Waals surface area contributed by atoms with Gasteiger partial charge in [0, 0.05) is 16.0 Å². The number of rotatable bonds is 8. The maximum absolute atomic E-state index is 14.1. The Labute approximate surface area is 240 Å². The summed E-state index contributed by atoms with van der Waals surface area (Å²) >= 11 is 2.88. The second-order valence-electron chi connectivity index (χ2n) is 8.81. The first-order valence-electron chi connectivity index (χ1n) is 12.6. The lowest BCUT2D eigenvalue weighted by Crippen LogP contribution is -2.40. The fraction of sp³-hybridized carbons (Fsp3) is 0.194. The number of carbonyl (C=O) groups is 1. The van der Waals surface area contributed by atoms with Gasteiger partial charge >= 0.3 is 5.97 Å². The lowest BCUT2D eigenvalue weighted by molar-refractivity contribution is -0.138. The van der Waals surface area contributed by atoms with Crippen LogP contribution in [0.3, 0.4) is 0 Å². The summed E-state index contributed by atoms with van der Waals surface area (Å²) in [4.78, 5) is 34.1. The van der Waals surface area contributed by atoms with E-state index in [4.69, 9.17) is 19.2 Å². The van der Waals surface area contributed by atoms with E-state index < -0.39 is 12.0 Å². The summed E-state index contributed by atoms with van der Waals surface area (Å²) in [5, 5.41) is 0. The topological polar surface area (TPSA) is 79.1 Å². The molecule has 4 aromatic rings. The standard InChI is InChI=1S/C31H28N2O5S2/c1-5-38-30(35)26-27(19-9-7-6-8-10-19)32-31-33(28(26)20-11-14-23(39-4)15-12-20)29(34)25(40-31)18-21-17-22(36-2)13-16-24(21)37-3/h6-18,28H,5H2,1-4H3/b25-18-/t28-/m1/s1. The predicted octanol–water partition coefficient (Wildman–Crippen LogP) is 4.67.